The van der Waals surface area contributed by atoms with Gasteiger partial charge in [-0.1, -0.05) is 6.42 Å². The van der Waals surface area contributed by atoms with Crippen LogP contribution >= 0.6 is 0 Å². The molecule has 0 aliphatic heterocycles. The number of hydrogen-bond donors (Lipinski definition) is 2. The van der Waals surface area contributed by atoms with E-state index in [1.165, 1.54) is 12.4 Å². The monoisotopic (exact) mass is 208 g/mol. The van der Waals surface area contributed by atoms with E-state index in [-0.39, 0.29) is 11.6 Å². The van der Waals surface area contributed by atoms with E-state index >= 15 is 0 Å². The molecule has 5 heteroatoms. The topological polar surface area (TPSA) is 94.9 Å². The number of ketones is 1. The normalized spacial score (nSPS) is 12.4. The molecule has 0 radical (unpaired) electrons. The summed E-state index contributed by atoms with van der Waals surface area (Å²) in [5.41, 5.74) is 11.1. The zero-order valence-electron chi connectivity index (χ0n) is 8.60. The molecule has 1 aromatic rings. The lowest BCUT2D eigenvalue weighted by Crippen LogP contribution is -2.31. The first-order chi connectivity index (χ1) is 7.25. The first-order valence-electron chi connectivity index (χ1n) is 5.02. The number of aromatic nitrogens is 2. The molecule has 0 aliphatic carbocycles. The number of nitrogens with zero attached hydrogens (tertiary/aromatic N) is 2. The highest BCUT2D eigenvalue weighted by Gasteiger charge is 2.17. The number of rotatable bonds is 6. The van der Waals surface area contributed by atoms with Crippen LogP contribution in [0.15, 0.2) is 18.5 Å². The molecule has 0 spiro atoms. The van der Waals surface area contributed by atoms with Crippen LogP contribution in [0.4, 0.5) is 0 Å². The smallest absolute Gasteiger partial charge is 0.216 e. The Morgan fingerprint density at radius 1 is 1.33 bits per heavy atom. The minimum absolute atomic E-state index is 0.192. The Balaban J connectivity index is 2.46. The molecule has 1 rings (SSSR count). The second kappa shape index (κ2) is 6.21. The van der Waals surface area contributed by atoms with E-state index in [4.69, 9.17) is 11.5 Å². The molecule has 0 bridgehead atoms. The molecule has 1 aromatic heterocycles. The largest absolute Gasteiger partial charge is 0.330 e. The molecule has 0 saturated carbocycles. The fourth-order valence-electron chi connectivity index (χ4n) is 1.23. The summed E-state index contributed by atoms with van der Waals surface area (Å²) in [4.78, 5) is 19.4. The lowest BCUT2D eigenvalue weighted by molar-refractivity contribution is 0.0945. The molecule has 15 heavy (non-hydrogen) atoms. The molecule has 0 unspecified atom stereocenters. The Labute approximate surface area is 88.9 Å². The van der Waals surface area contributed by atoms with Crippen molar-refractivity contribution in [2.24, 2.45) is 11.5 Å². The van der Waals surface area contributed by atoms with Crippen molar-refractivity contribution in [2.45, 2.75) is 25.3 Å². The minimum atomic E-state index is -0.515. The van der Waals surface area contributed by atoms with Gasteiger partial charge in [0, 0.05) is 12.4 Å². The van der Waals surface area contributed by atoms with Crippen molar-refractivity contribution in [1.82, 2.24) is 9.97 Å². The van der Waals surface area contributed by atoms with Crippen molar-refractivity contribution in [3.05, 3.63) is 24.3 Å². The van der Waals surface area contributed by atoms with Gasteiger partial charge >= 0.3 is 0 Å². The maximum atomic E-state index is 11.7. The summed E-state index contributed by atoms with van der Waals surface area (Å²) >= 11 is 0. The van der Waals surface area contributed by atoms with E-state index in [9.17, 15) is 4.79 Å². The highest BCUT2D eigenvalue weighted by molar-refractivity contribution is 5.96. The van der Waals surface area contributed by atoms with E-state index in [2.05, 4.69) is 9.97 Å². The molecule has 0 amide bonds. The minimum Gasteiger partial charge on any atom is -0.330 e. The van der Waals surface area contributed by atoms with E-state index in [0.717, 1.165) is 12.8 Å². The van der Waals surface area contributed by atoms with E-state index < -0.39 is 6.04 Å². The molecule has 1 heterocycles. The van der Waals surface area contributed by atoms with Gasteiger partial charge in [-0.2, -0.15) is 0 Å². The van der Waals surface area contributed by atoms with Crippen molar-refractivity contribution < 1.29 is 4.79 Å². The number of hydrogen-bond acceptors (Lipinski definition) is 5. The standard InChI is InChI=1S/C10H16N4O/c11-5-2-1-4-8(12)9(15)10-13-6-3-7-14-10/h3,6-8H,1-2,4-5,11-12H2/t8-/m0/s1. The summed E-state index contributed by atoms with van der Waals surface area (Å²) in [5.74, 6) is -0.00892. The molecule has 5 nitrogen and oxygen atoms in total. The van der Waals surface area contributed by atoms with Gasteiger partial charge in [0.1, 0.15) is 0 Å². The van der Waals surface area contributed by atoms with Crippen LogP contribution in [0.3, 0.4) is 0 Å². The van der Waals surface area contributed by atoms with Gasteiger partial charge in [-0.25, -0.2) is 9.97 Å². The van der Waals surface area contributed by atoms with Crippen LogP contribution in [0.5, 0.6) is 0 Å². The summed E-state index contributed by atoms with van der Waals surface area (Å²) in [7, 11) is 0. The Kier molecular flexibility index (Phi) is 4.86. The summed E-state index contributed by atoms with van der Waals surface area (Å²) in [6, 6.07) is 1.15. The van der Waals surface area contributed by atoms with Crippen LogP contribution in [-0.2, 0) is 0 Å². The average Bonchev–Trinajstić information content (AvgIpc) is 2.29. The van der Waals surface area contributed by atoms with Crippen molar-refractivity contribution >= 4 is 5.78 Å². The SMILES string of the molecule is NCCCC[C@H](N)C(=O)c1ncccn1. The number of carbonyl (C=O) groups is 1. The van der Waals surface area contributed by atoms with Crippen molar-refractivity contribution in [3.8, 4) is 0 Å². The van der Waals surface area contributed by atoms with Crippen LogP contribution in [0.25, 0.3) is 0 Å². The van der Waals surface area contributed by atoms with Gasteiger partial charge in [-0.3, -0.25) is 4.79 Å². The first-order valence-corrected chi connectivity index (χ1v) is 5.02. The average molecular weight is 208 g/mol. The third-order valence-corrected chi connectivity index (χ3v) is 2.09. The maximum absolute atomic E-state index is 11.7. The summed E-state index contributed by atoms with van der Waals surface area (Å²) < 4.78 is 0. The Morgan fingerprint density at radius 3 is 2.60 bits per heavy atom. The molecule has 0 aliphatic rings. The van der Waals surface area contributed by atoms with Crippen molar-refractivity contribution in [1.29, 1.82) is 0 Å². The molecule has 0 fully saturated rings. The molecule has 82 valence electrons. The molecule has 1 atom stereocenters. The Bertz CT molecular complexity index is 302. The van der Waals surface area contributed by atoms with Crippen LogP contribution in [0, 0.1) is 0 Å². The number of unbranched alkanes of at least 4 members (excludes halogenated alkanes) is 1. The lowest BCUT2D eigenvalue weighted by Gasteiger charge is -2.08. The Morgan fingerprint density at radius 2 is 2.00 bits per heavy atom. The van der Waals surface area contributed by atoms with Crippen LogP contribution in [-0.4, -0.2) is 28.3 Å². The number of Topliss-reactive ketones (excluding diaryl/α,β-unsaturated/α-hetero) is 1. The van der Waals surface area contributed by atoms with Gasteiger partial charge in [-0.15, -0.1) is 0 Å². The van der Waals surface area contributed by atoms with Gasteiger partial charge < -0.3 is 11.5 Å². The molecule has 4 N–H and O–H groups in total. The third kappa shape index (κ3) is 3.73. The molecule has 0 aromatic carbocycles. The van der Waals surface area contributed by atoms with Crippen LogP contribution in [0.1, 0.15) is 29.9 Å². The van der Waals surface area contributed by atoms with Crippen molar-refractivity contribution in [3.63, 3.8) is 0 Å². The maximum Gasteiger partial charge on any atom is 0.216 e. The second-order valence-electron chi connectivity index (χ2n) is 3.33. The van der Waals surface area contributed by atoms with Crippen molar-refractivity contribution in [2.75, 3.05) is 6.54 Å². The summed E-state index contributed by atoms with van der Waals surface area (Å²) in [5, 5.41) is 0. The van der Waals surface area contributed by atoms with E-state index in [0.29, 0.717) is 13.0 Å². The van der Waals surface area contributed by atoms with Gasteiger partial charge in [0.15, 0.2) is 5.82 Å². The number of nitrogens with two attached hydrogens (primary N) is 2. The van der Waals surface area contributed by atoms with E-state index in [1.54, 1.807) is 6.07 Å². The molecular weight excluding hydrogens is 192 g/mol. The predicted molar refractivity (Wildman–Crippen MR) is 57.2 cm³/mol. The van der Waals surface area contributed by atoms with Gasteiger partial charge in [-0.05, 0) is 25.5 Å². The summed E-state index contributed by atoms with van der Waals surface area (Å²) in [6.07, 6.45) is 5.45. The third-order valence-electron chi connectivity index (χ3n) is 2.09. The zero-order chi connectivity index (χ0) is 11.1. The van der Waals surface area contributed by atoms with Gasteiger partial charge in [0.05, 0.1) is 6.04 Å². The second-order valence-corrected chi connectivity index (χ2v) is 3.33. The highest BCUT2D eigenvalue weighted by atomic mass is 16.1. The quantitative estimate of drug-likeness (QED) is 0.511. The zero-order valence-corrected chi connectivity index (χ0v) is 8.60. The fraction of sp³-hybridized carbons (Fsp3) is 0.500. The number of carbonyl (C=O) groups excluding carboxylic acids is 1. The van der Waals surface area contributed by atoms with Gasteiger partial charge in [0.25, 0.3) is 0 Å². The first kappa shape index (κ1) is 11.7. The van der Waals surface area contributed by atoms with Gasteiger partial charge in [0.2, 0.25) is 5.78 Å². The van der Waals surface area contributed by atoms with Crippen LogP contribution in [0.2, 0.25) is 0 Å². The Hall–Kier alpha value is -1.33. The molecule has 0 saturated heterocycles. The fourth-order valence-corrected chi connectivity index (χ4v) is 1.23. The lowest BCUT2D eigenvalue weighted by atomic mass is 10.1. The predicted octanol–water partition coefficient (Wildman–Crippen LogP) is 0.116. The van der Waals surface area contributed by atoms with Crippen LogP contribution < -0.4 is 11.5 Å². The molecular formula is C10H16N4O. The summed E-state index contributed by atoms with van der Waals surface area (Å²) in [6.45, 7) is 0.628. The highest BCUT2D eigenvalue weighted by Crippen LogP contribution is 2.02. The van der Waals surface area contributed by atoms with E-state index in [1.807, 2.05) is 0 Å².